The highest BCUT2D eigenvalue weighted by Crippen LogP contribution is 2.02. The maximum absolute atomic E-state index is 10.7. The molecule has 4 heteroatoms. The maximum atomic E-state index is 10.7. The summed E-state index contributed by atoms with van der Waals surface area (Å²) >= 11 is 0. The summed E-state index contributed by atoms with van der Waals surface area (Å²) < 4.78 is 4.38. The molecular formula is C8H12N2O2. The lowest BCUT2D eigenvalue weighted by molar-refractivity contribution is 0.174. The minimum Gasteiger partial charge on any atom is -0.453 e. The standard InChI is InChI=1S/C8H12N2O2/c1-6(2)7(5-9-3)10-8(11)12-4/h5H,1,3H2,2,4H3,(H,10,11)/b7-5+. The minimum atomic E-state index is -0.548. The molecule has 0 aliphatic rings. The number of nitrogens with zero attached hydrogens (tertiary/aromatic N) is 1. The van der Waals surface area contributed by atoms with Crippen molar-refractivity contribution in [2.24, 2.45) is 4.99 Å². The van der Waals surface area contributed by atoms with Gasteiger partial charge < -0.3 is 4.74 Å². The van der Waals surface area contributed by atoms with Crippen molar-refractivity contribution in [3.8, 4) is 0 Å². The van der Waals surface area contributed by atoms with Crippen LogP contribution in [-0.4, -0.2) is 19.9 Å². The summed E-state index contributed by atoms with van der Waals surface area (Å²) in [5.74, 6) is 0. The fraction of sp³-hybridized carbons (Fsp3) is 0.250. The van der Waals surface area contributed by atoms with E-state index in [2.05, 4.69) is 28.3 Å². The van der Waals surface area contributed by atoms with Crippen LogP contribution in [0.3, 0.4) is 0 Å². The van der Waals surface area contributed by atoms with E-state index < -0.39 is 6.09 Å². The molecule has 1 N–H and O–H groups in total. The first-order valence-corrected chi connectivity index (χ1v) is 3.28. The van der Waals surface area contributed by atoms with Crippen LogP contribution in [0.15, 0.2) is 29.0 Å². The number of hydrogen-bond donors (Lipinski definition) is 1. The summed E-state index contributed by atoms with van der Waals surface area (Å²) in [5.41, 5.74) is 1.18. The molecule has 1 amide bonds. The summed E-state index contributed by atoms with van der Waals surface area (Å²) in [6.45, 7) is 8.63. The first-order valence-electron chi connectivity index (χ1n) is 3.28. The largest absolute Gasteiger partial charge is 0.453 e. The molecule has 0 unspecified atom stereocenters. The van der Waals surface area contributed by atoms with Crippen LogP contribution in [0, 0.1) is 0 Å². The molecule has 0 rings (SSSR count). The van der Waals surface area contributed by atoms with Gasteiger partial charge in [0.1, 0.15) is 0 Å². The Labute approximate surface area is 71.6 Å². The van der Waals surface area contributed by atoms with Crippen LogP contribution in [0.2, 0.25) is 0 Å². The molecule has 0 aromatic rings. The molecule has 0 aliphatic carbocycles. The van der Waals surface area contributed by atoms with Crippen molar-refractivity contribution < 1.29 is 9.53 Å². The highest BCUT2D eigenvalue weighted by Gasteiger charge is 2.02. The van der Waals surface area contributed by atoms with Gasteiger partial charge in [0.25, 0.3) is 0 Å². The number of carbonyl (C=O) groups excluding carboxylic acids is 1. The Morgan fingerprint density at radius 2 is 2.25 bits per heavy atom. The second kappa shape index (κ2) is 5.12. The topological polar surface area (TPSA) is 50.7 Å². The smallest absolute Gasteiger partial charge is 0.411 e. The van der Waals surface area contributed by atoms with Gasteiger partial charge in [-0.15, -0.1) is 0 Å². The van der Waals surface area contributed by atoms with Gasteiger partial charge in [0.15, 0.2) is 0 Å². The maximum Gasteiger partial charge on any atom is 0.411 e. The van der Waals surface area contributed by atoms with Crippen LogP contribution in [-0.2, 0) is 4.74 Å². The van der Waals surface area contributed by atoms with E-state index in [1.165, 1.54) is 13.3 Å². The van der Waals surface area contributed by atoms with Crippen molar-refractivity contribution >= 4 is 12.8 Å². The molecule has 0 aromatic heterocycles. The molecule has 12 heavy (non-hydrogen) atoms. The van der Waals surface area contributed by atoms with Crippen molar-refractivity contribution in [2.45, 2.75) is 6.92 Å². The SMILES string of the molecule is C=N/C=C(/NC(=O)OC)C(=C)C. The second-order valence-corrected chi connectivity index (χ2v) is 2.12. The number of ether oxygens (including phenoxy) is 1. The van der Waals surface area contributed by atoms with Crippen LogP contribution >= 0.6 is 0 Å². The lowest BCUT2D eigenvalue weighted by Gasteiger charge is -2.06. The zero-order valence-corrected chi connectivity index (χ0v) is 7.26. The van der Waals surface area contributed by atoms with Gasteiger partial charge >= 0.3 is 6.09 Å². The van der Waals surface area contributed by atoms with Crippen molar-refractivity contribution in [1.82, 2.24) is 5.32 Å². The monoisotopic (exact) mass is 168 g/mol. The number of methoxy groups -OCH3 is 1. The van der Waals surface area contributed by atoms with Crippen LogP contribution in [0.25, 0.3) is 0 Å². The van der Waals surface area contributed by atoms with Gasteiger partial charge in [-0.3, -0.25) is 10.3 Å². The number of carbonyl (C=O) groups is 1. The first-order chi connectivity index (χ1) is 5.61. The summed E-state index contributed by atoms with van der Waals surface area (Å²) in [7, 11) is 1.28. The number of nitrogens with one attached hydrogen (secondary N) is 1. The molecule has 0 aromatic carbocycles. The predicted octanol–water partition coefficient (Wildman–Crippen LogP) is 1.46. The molecule has 0 atom stereocenters. The van der Waals surface area contributed by atoms with E-state index in [0.717, 1.165) is 0 Å². The van der Waals surface area contributed by atoms with E-state index in [4.69, 9.17) is 0 Å². The van der Waals surface area contributed by atoms with Crippen molar-refractivity contribution in [2.75, 3.05) is 7.11 Å². The number of allylic oxidation sites excluding steroid dienone is 1. The lowest BCUT2D eigenvalue weighted by Crippen LogP contribution is -2.22. The summed E-state index contributed by atoms with van der Waals surface area (Å²) in [5, 5.41) is 2.43. The van der Waals surface area contributed by atoms with E-state index in [9.17, 15) is 4.79 Å². The second-order valence-electron chi connectivity index (χ2n) is 2.12. The number of rotatable bonds is 3. The zero-order chi connectivity index (χ0) is 9.56. The Morgan fingerprint density at radius 3 is 2.58 bits per heavy atom. The molecule has 0 fully saturated rings. The average Bonchev–Trinajstić information content (AvgIpc) is 2.03. The fourth-order valence-electron chi connectivity index (χ4n) is 0.501. The van der Waals surface area contributed by atoms with Crippen LogP contribution in [0.1, 0.15) is 6.92 Å². The van der Waals surface area contributed by atoms with E-state index in [1.54, 1.807) is 6.92 Å². The zero-order valence-electron chi connectivity index (χ0n) is 7.26. The molecule has 0 bridgehead atoms. The first kappa shape index (κ1) is 10.4. The number of amides is 1. The fourth-order valence-corrected chi connectivity index (χ4v) is 0.501. The van der Waals surface area contributed by atoms with Crippen LogP contribution < -0.4 is 5.32 Å². The van der Waals surface area contributed by atoms with Crippen LogP contribution in [0.4, 0.5) is 4.79 Å². The van der Waals surface area contributed by atoms with E-state index in [0.29, 0.717) is 11.3 Å². The summed E-state index contributed by atoms with van der Waals surface area (Å²) in [6.07, 6.45) is 0.854. The van der Waals surface area contributed by atoms with Gasteiger partial charge in [0.2, 0.25) is 0 Å². The predicted molar refractivity (Wildman–Crippen MR) is 48.0 cm³/mol. The summed E-state index contributed by atoms with van der Waals surface area (Å²) in [6, 6.07) is 0. The Bertz CT molecular complexity index is 231. The quantitative estimate of drug-likeness (QED) is 0.512. The Morgan fingerprint density at radius 1 is 1.67 bits per heavy atom. The lowest BCUT2D eigenvalue weighted by atomic mass is 10.3. The van der Waals surface area contributed by atoms with E-state index in [-0.39, 0.29) is 0 Å². The minimum absolute atomic E-state index is 0.497. The molecule has 0 aliphatic heterocycles. The van der Waals surface area contributed by atoms with Gasteiger partial charge in [0, 0.05) is 6.20 Å². The van der Waals surface area contributed by atoms with Crippen molar-refractivity contribution in [1.29, 1.82) is 0 Å². The molecule has 66 valence electrons. The van der Waals surface area contributed by atoms with Crippen molar-refractivity contribution in [3.05, 3.63) is 24.0 Å². The molecule has 0 spiro atoms. The van der Waals surface area contributed by atoms with Crippen LogP contribution in [0.5, 0.6) is 0 Å². The number of aliphatic imine (C=N–C) groups is 1. The third kappa shape index (κ3) is 3.55. The third-order valence-electron chi connectivity index (χ3n) is 1.10. The normalized spacial score (nSPS) is 10.3. The Balaban J connectivity index is 4.34. The average molecular weight is 168 g/mol. The Hall–Kier alpha value is -1.58. The highest BCUT2D eigenvalue weighted by molar-refractivity contribution is 5.70. The van der Waals surface area contributed by atoms with Gasteiger partial charge in [-0.25, -0.2) is 4.79 Å². The van der Waals surface area contributed by atoms with Gasteiger partial charge in [0.05, 0.1) is 12.8 Å². The molecule has 0 radical (unpaired) electrons. The van der Waals surface area contributed by atoms with E-state index >= 15 is 0 Å². The van der Waals surface area contributed by atoms with Gasteiger partial charge in [-0.2, -0.15) is 0 Å². The van der Waals surface area contributed by atoms with Gasteiger partial charge in [-0.1, -0.05) is 6.58 Å². The highest BCUT2D eigenvalue weighted by atomic mass is 16.5. The summed E-state index contributed by atoms with van der Waals surface area (Å²) in [4.78, 5) is 14.2. The van der Waals surface area contributed by atoms with Gasteiger partial charge in [-0.05, 0) is 19.2 Å². The third-order valence-corrected chi connectivity index (χ3v) is 1.10. The molecular weight excluding hydrogens is 156 g/mol. The molecule has 0 heterocycles. The number of hydrogen-bond acceptors (Lipinski definition) is 3. The van der Waals surface area contributed by atoms with Crippen molar-refractivity contribution in [3.63, 3.8) is 0 Å². The molecule has 0 saturated carbocycles. The molecule has 0 saturated heterocycles. The van der Waals surface area contributed by atoms with E-state index in [1.807, 2.05) is 0 Å². The Kier molecular flexibility index (Phi) is 4.45. The molecule has 4 nitrogen and oxygen atoms in total. The number of alkyl carbamates (subject to hydrolysis) is 1.